The molecule has 0 atom stereocenters. The maximum absolute atomic E-state index is 14.2. The summed E-state index contributed by atoms with van der Waals surface area (Å²) in [6.45, 7) is 5.84. The van der Waals surface area contributed by atoms with Crippen molar-refractivity contribution in [1.29, 1.82) is 0 Å². The highest BCUT2D eigenvalue weighted by Gasteiger charge is 2.28. The number of rotatable bonds is 13. The minimum atomic E-state index is -4.10. The second kappa shape index (κ2) is 12.7. The Morgan fingerprint density at radius 1 is 1.05 bits per heavy atom. The third-order valence-electron chi connectivity index (χ3n) is 6.13. The van der Waals surface area contributed by atoms with E-state index in [-0.39, 0.29) is 10.6 Å². The topological polar surface area (TPSA) is 130 Å². The standard InChI is InChI=1S/C28H31N3O7S2/c1-18-14-21(38-16-26(32)33)15-19(2)27(18)40(34,35)31-24-9-6-5-8-22(24)30-28(31)39-17-23-20(3)25(10-11-29-23)37-13-7-12-36-4/h5-6,8-11,14-15H,7,12-13,16-17H2,1-4H3,(H,32,33). The number of imidazole rings is 1. The number of nitrogens with zero attached hydrogens (tertiary/aromatic N) is 3. The Labute approximate surface area is 237 Å². The summed E-state index contributed by atoms with van der Waals surface area (Å²) in [5, 5.41) is 9.23. The molecule has 0 bridgehead atoms. The average Bonchev–Trinajstić information content (AvgIpc) is 3.29. The van der Waals surface area contributed by atoms with Crippen molar-refractivity contribution in [3.63, 3.8) is 0 Å². The molecule has 12 heteroatoms. The molecule has 2 aromatic heterocycles. The van der Waals surface area contributed by atoms with Crippen LogP contribution in [0.15, 0.2) is 58.7 Å². The van der Waals surface area contributed by atoms with Crippen LogP contribution in [0.4, 0.5) is 0 Å². The first-order chi connectivity index (χ1) is 19.1. The smallest absolute Gasteiger partial charge is 0.341 e. The SMILES string of the molecule is COCCCOc1ccnc(CSc2nc3ccccc3n2S(=O)(=O)c2c(C)cc(OCC(=O)O)cc2C)c1C. The number of carbonyl (C=O) groups is 1. The van der Waals surface area contributed by atoms with Crippen molar-refractivity contribution in [2.75, 3.05) is 26.9 Å². The normalized spacial score (nSPS) is 11.6. The van der Waals surface area contributed by atoms with Crippen LogP contribution in [-0.2, 0) is 25.3 Å². The van der Waals surface area contributed by atoms with Crippen LogP contribution in [0.1, 0.15) is 28.8 Å². The van der Waals surface area contributed by atoms with Crippen LogP contribution in [0.5, 0.6) is 11.5 Å². The largest absolute Gasteiger partial charge is 0.493 e. The molecule has 1 N–H and O–H groups in total. The number of hydrogen-bond acceptors (Lipinski definition) is 9. The van der Waals surface area contributed by atoms with Gasteiger partial charge in [-0.2, -0.15) is 0 Å². The van der Waals surface area contributed by atoms with Crippen molar-refractivity contribution >= 4 is 38.8 Å². The predicted octanol–water partition coefficient (Wildman–Crippen LogP) is 4.76. The molecule has 0 aliphatic carbocycles. The zero-order valence-corrected chi connectivity index (χ0v) is 24.3. The highest BCUT2D eigenvalue weighted by Crippen LogP contribution is 2.35. The molecule has 0 radical (unpaired) electrons. The van der Waals surface area contributed by atoms with Crippen molar-refractivity contribution in [3.05, 3.63) is 71.0 Å². The van der Waals surface area contributed by atoms with Gasteiger partial charge in [0.05, 0.1) is 28.2 Å². The lowest BCUT2D eigenvalue weighted by Crippen LogP contribution is -2.17. The Hall–Kier alpha value is -3.61. The molecule has 0 aliphatic heterocycles. The van der Waals surface area contributed by atoms with E-state index >= 15 is 0 Å². The molecule has 10 nitrogen and oxygen atoms in total. The van der Waals surface area contributed by atoms with E-state index in [4.69, 9.17) is 19.3 Å². The van der Waals surface area contributed by atoms with Crippen LogP contribution in [0, 0.1) is 20.8 Å². The summed E-state index contributed by atoms with van der Waals surface area (Å²) >= 11 is 1.27. The second-order valence-corrected chi connectivity index (χ2v) is 11.8. The number of ether oxygens (including phenoxy) is 3. The Morgan fingerprint density at radius 2 is 1.77 bits per heavy atom. The fraction of sp³-hybridized carbons (Fsp3) is 0.321. The lowest BCUT2D eigenvalue weighted by atomic mass is 10.1. The zero-order valence-electron chi connectivity index (χ0n) is 22.7. The number of carboxylic acid groups (broad SMARTS) is 1. The van der Waals surface area contributed by atoms with E-state index in [2.05, 4.69) is 9.97 Å². The Balaban J connectivity index is 1.68. The average molecular weight is 586 g/mol. The fourth-order valence-electron chi connectivity index (χ4n) is 4.32. The van der Waals surface area contributed by atoms with E-state index in [1.54, 1.807) is 45.4 Å². The van der Waals surface area contributed by atoms with Gasteiger partial charge in [0.25, 0.3) is 10.0 Å². The lowest BCUT2D eigenvalue weighted by Gasteiger charge is -2.16. The highest BCUT2D eigenvalue weighted by molar-refractivity contribution is 7.99. The maximum Gasteiger partial charge on any atom is 0.341 e. The number of hydrogen-bond donors (Lipinski definition) is 1. The summed E-state index contributed by atoms with van der Waals surface area (Å²) in [5.74, 6) is 0.262. The molecule has 4 aromatic rings. The summed E-state index contributed by atoms with van der Waals surface area (Å²) in [4.78, 5) is 20.2. The first-order valence-electron chi connectivity index (χ1n) is 12.5. The third kappa shape index (κ3) is 6.40. The van der Waals surface area contributed by atoms with E-state index in [1.807, 2.05) is 19.1 Å². The number of aromatic nitrogens is 3. The number of aliphatic carboxylic acids is 1. The minimum absolute atomic E-state index is 0.112. The summed E-state index contributed by atoms with van der Waals surface area (Å²) in [7, 11) is -2.45. The molecule has 2 aromatic carbocycles. The van der Waals surface area contributed by atoms with Gasteiger partial charge in [0.2, 0.25) is 0 Å². The summed E-state index contributed by atoms with van der Waals surface area (Å²) in [6, 6.07) is 11.9. The van der Waals surface area contributed by atoms with Crippen LogP contribution in [-0.4, -0.2) is 60.4 Å². The molecule has 0 spiro atoms. The van der Waals surface area contributed by atoms with E-state index in [0.29, 0.717) is 46.3 Å². The van der Waals surface area contributed by atoms with Crippen LogP contribution in [0.2, 0.25) is 0 Å². The molecule has 0 saturated heterocycles. The summed E-state index contributed by atoms with van der Waals surface area (Å²) in [6.07, 6.45) is 2.44. The number of fused-ring (bicyclic) bond motifs is 1. The van der Waals surface area contributed by atoms with Gasteiger partial charge < -0.3 is 19.3 Å². The zero-order chi connectivity index (χ0) is 28.9. The summed E-state index contributed by atoms with van der Waals surface area (Å²) in [5.41, 5.74) is 3.51. The van der Waals surface area contributed by atoms with Gasteiger partial charge in [0, 0.05) is 37.7 Å². The molecule has 0 unspecified atom stereocenters. The van der Waals surface area contributed by atoms with Crippen LogP contribution in [0.3, 0.4) is 0 Å². The Kier molecular flexibility index (Phi) is 9.33. The molecule has 0 amide bonds. The molecule has 0 saturated carbocycles. The first kappa shape index (κ1) is 29.4. The van der Waals surface area contributed by atoms with E-state index in [0.717, 1.165) is 23.4 Å². The van der Waals surface area contributed by atoms with Gasteiger partial charge in [0.15, 0.2) is 11.8 Å². The van der Waals surface area contributed by atoms with Crippen molar-refractivity contribution in [1.82, 2.24) is 13.9 Å². The van der Waals surface area contributed by atoms with E-state index in [9.17, 15) is 13.2 Å². The molecule has 212 valence electrons. The second-order valence-electron chi connectivity index (χ2n) is 9.09. The van der Waals surface area contributed by atoms with E-state index < -0.39 is 22.6 Å². The molecular formula is C28H31N3O7S2. The van der Waals surface area contributed by atoms with Gasteiger partial charge >= 0.3 is 5.97 Å². The third-order valence-corrected chi connectivity index (χ3v) is 9.21. The van der Waals surface area contributed by atoms with Crippen molar-refractivity contribution in [2.45, 2.75) is 43.0 Å². The van der Waals surface area contributed by atoms with Gasteiger partial charge in [-0.25, -0.2) is 22.2 Å². The predicted molar refractivity (Wildman–Crippen MR) is 152 cm³/mol. The van der Waals surface area contributed by atoms with Crippen LogP contribution < -0.4 is 9.47 Å². The minimum Gasteiger partial charge on any atom is -0.493 e. The Bertz CT molecular complexity index is 1610. The molecule has 40 heavy (non-hydrogen) atoms. The number of thioether (sulfide) groups is 1. The van der Waals surface area contributed by atoms with Crippen molar-refractivity contribution < 1.29 is 32.5 Å². The van der Waals surface area contributed by atoms with Crippen molar-refractivity contribution in [2.24, 2.45) is 0 Å². The molecule has 0 fully saturated rings. The van der Waals surface area contributed by atoms with Crippen LogP contribution >= 0.6 is 11.8 Å². The van der Waals surface area contributed by atoms with Gasteiger partial charge in [-0.1, -0.05) is 23.9 Å². The lowest BCUT2D eigenvalue weighted by molar-refractivity contribution is -0.139. The van der Waals surface area contributed by atoms with Crippen molar-refractivity contribution in [3.8, 4) is 11.5 Å². The van der Waals surface area contributed by atoms with Gasteiger partial charge in [-0.15, -0.1) is 0 Å². The Morgan fingerprint density at radius 3 is 2.48 bits per heavy atom. The summed E-state index contributed by atoms with van der Waals surface area (Å²) < 4.78 is 45.9. The number of carboxylic acids is 1. The quantitative estimate of drug-likeness (QED) is 0.173. The van der Waals surface area contributed by atoms with E-state index in [1.165, 1.54) is 27.9 Å². The van der Waals surface area contributed by atoms with Crippen LogP contribution in [0.25, 0.3) is 11.0 Å². The maximum atomic E-state index is 14.2. The molecular weight excluding hydrogens is 554 g/mol. The number of methoxy groups -OCH3 is 1. The van der Waals surface area contributed by atoms with Gasteiger partial charge in [-0.05, 0) is 62.2 Å². The molecule has 0 aliphatic rings. The van der Waals surface area contributed by atoms with Gasteiger partial charge in [-0.3, -0.25) is 4.98 Å². The highest BCUT2D eigenvalue weighted by atomic mass is 32.2. The number of para-hydroxylation sites is 2. The number of pyridine rings is 1. The number of benzene rings is 2. The van der Waals surface area contributed by atoms with Gasteiger partial charge in [0.1, 0.15) is 11.5 Å². The first-order valence-corrected chi connectivity index (χ1v) is 14.9. The monoisotopic (exact) mass is 585 g/mol. The fourth-order valence-corrected chi connectivity index (χ4v) is 7.48. The molecule has 4 rings (SSSR count). The number of aryl methyl sites for hydroxylation is 2. The molecule has 2 heterocycles.